The maximum atomic E-state index is 8.74. The van der Waals surface area contributed by atoms with E-state index in [0.29, 0.717) is 18.7 Å². The topological polar surface area (TPSA) is 96.7 Å². The highest BCUT2D eigenvalue weighted by Crippen LogP contribution is 2.09. The fourth-order valence-corrected chi connectivity index (χ4v) is 1.80. The van der Waals surface area contributed by atoms with Crippen molar-refractivity contribution >= 4 is 5.84 Å². The molecule has 0 aliphatic rings. The van der Waals surface area contributed by atoms with Crippen molar-refractivity contribution in [1.82, 2.24) is 10.5 Å². The maximum Gasteiger partial charge on any atom is 0.170 e. The molecule has 6 heteroatoms. The lowest BCUT2D eigenvalue weighted by Crippen LogP contribution is -2.19. The van der Waals surface area contributed by atoms with Gasteiger partial charge in [0.2, 0.25) is 0 Å². The van der Waals surface area contributed by atoms with Gasteiger partial charge in [-0.25, -0.2) is 0 Å². The zero-order valence-corrected chi connectivity index (χ0v) is 10.6. The zero-order chi connectivity index (χ0) is 13.7. The Hall–Kier alpha value is -2.34. The van der Waals surface area contributed by atoms with E-state index in [1.165, 1.54) is 0 Å². The van der Waals surface area contributed by atoms with E-state index in [1.54, 1.807) is 0 Å². The molecule has 0 aliphatic heterocycles. The number of hydrogen-bond acceptors (Lipinski definition) is 5. The van der Waals surface area contributed by atoms with E-state index < -0.39 is 0 Å². The van der Waals surface area contributed by atoms with Gasteiger partial charge in [-0.05, 0) is 12.5 Å². The van der Waals surface area contributed by atoms with Gasteiger partial charge < -0.3 is 20.8 Å². The molecule has 0 radical (unpaired) electrons. The summed E-state index contributed by atoms with van der Waals surface area (Å²) in [6.45, 7) is 3.04. The van der Waals surface area contributed by atoms with E-state index in [1.807, 2.05) is 37.3 Å². The normalized spacial score (nSPS) is 11.7. The summed E-state index contributed by atoms with van der Waals surface area (Å²) < 4.78 is 5.10. The minimum atomic E-state index is 0.105. The standard InChI is InChI=1S/C13H16N4O2/c1-9-6-11(19-17-9)8-15-7-10-4-2-3-5-12(10)13(14)16-18/h2-6,15,18H,7-8H2,1H3,(H2,14,16). The first kappa shape index (κ1) is 13.1. The zero-order valence-electron chi connectivity index (χ0n) is 10.6. The van der Waals surface area contributed by atoms with Gasteiger partial charge >= 0.3 is 0 Å². The monoisotopic (exact) mass is 260 g/mol. The average molecular weight is 260 g/mol. The number of nitrogens with two attached hydrogens (primary N) is 1. The van der Waals surface area contributed by atoms with Crippen LogP contribution in [0.2, 0.25) is 0 Å². The highest BCUT2D eigenvalue weighted by atomic mass is 16.5. The van der Waals surface area contributed by atoms with Gasteiger partial charge in [0.15, 0.2) is 11.6 Å². The Labute approximate surface area is 110 Å². The highest BCUT2D eigenvalue weighted by molar-refractivity contribution is 5.98. The summed E-state index contributed by atoms with van der Waals surface area (Å²) in [5.74, 6) is 0.881. The van der Waals surface area contributed by atoms with Crippen LogP contribution in [-0.2, 0) is 13.1 Å². The van der Waals surface area contributed by atoms with E-state index in [9.17, 15) is 0 Å². The lowest BCUT2D eigenvalue weighted by Gasteiger charge is -2.08. The molecule has 100 valence electrons. The lowest BCUT2D eigenvalue weighted by atomic mass is 10.1. The molecule has 0 saturated heterocycles. The van der Waals surface area contributed by atoms with Gasteiger partial charge in [-0.2, -0.15) is 0 Å². The van der Waals surface area contributed by atoms with Crippen LogP contribution in [0.15, 0.2) is 40.0 Å². The molecule has 4 N–H and O–H groups in total. The molecule has 6 nitrogen and oxygen atoms in total. The third kappa shape index (κ3) is 3.32. The van der Waals surface area contributed by atoms with Crippen LogP contribution < -0.4 is 11.1 Å². The lowest BCUT2D eigenvalue weighted by molar-refractivity contribution is 0.318. The van der Waals surface area contributed by atoms with Crippen LogP contribution in [0.4, 0.5) is 0 Å². The molecule has 0 fully saturated rings. The number of hydrogen-bond donors (Lipinski definition) is 3. The fourth-order valence-electron chi connectivity index (χ4n) is 1.80. The fraction of sp³-hybridized carbons (Fsp3) is 0.231. The number of aromatic nitrogens is 1. The largest absolute Gasteiger partial charge is 0.409 e. The van der Waals surface area contributed by atoms with Gasteiger partial charge in [0, 0.05) is 18.2 Å². The van der Waals surface area contributed by atoms with Gasteiger partial charge in [0.25, 0.3) is 0 Å². The van der Waals surface area contributed by atoms with Crippen LogP contribution in [-0.4, -0.2) is 16.2 Å². The van der Waals surface area contributed by atoms with Gasteiger partial charge in [0.1, 0.15) is 0 Å². The molecule has 0 spiro atoms. The predicted molar refractivity (Wildman–Crippen MR) is 70.7 cm³/mol. The molecule has 0 aliphatic carbocycles. The summed E-state index contributed by atoms with van der Waals surface area (Å²) in [5, 5.41) is 18.8. The Morgan fingerprint density at radius 3 is 2.89 bits per heavy atom. The summed E-state index contributed by atoms with van der Waals surface area (Å²) in [6, 6.07) is 9.36. The second kappa shape index (κ2) is 6.01. The van der Waals surface area contributed by atoms with E-state index in [2.05, 4.69) is 15.6 Å². The van der Waals surface area contributed by atoms with Gasteiger partial charge in [-0.15, -0.1) is 0 Å². The number of amidine groups is 1. The molecule has 19 heavy (non-hydrogen) atoms. The van der Waals surface area contributed by atoms with Crippen molar-refractivity contribution in [1.29, 1.82) is 0 Å². The second-order valence-corrected chi connectivity index (χ2v) is 4.18. The number of nitrogens with zero attached hydrogens (tertiary/aromatic N) is 2. The molecule has 0 bridgehead atoms. The van der Waals surface area contributed by atoms with Crippen molar-refractivity contribution in [2.75, 3.05) is 0 Å². The first-order valence-corrected chi connectivity index (χ1v) is 5.89. The maximum absolute atomic E-state index is 8.74. The molecule has 2 rings (SSSR count). The van der Waals surface area contributed by atoms with E-state index >= 15 is 0 Å². The first-order chi connectivity index (χ1) is 9.20. The third-order valence-corrected chi connectivity index (χ3v) is 2.69. The van der Waals surface area contributed by atoms with Crippen LogP contribution in [0.5, 0.6) is 0 Å². The first-order valence-electron chi connectivity index (χ1n) is 5.89. The molecule has 0 amide bonds. The quantitative estimate of drug-likeness (QED) is 0.326. The van der Waals surface area contributed by atoms with Crippen molar-refractivity contribution in [2.24, 2.45) is 10.9 Å². The summed E-state index contributed by atoms with van der Waals surface area (Å²) in [7, 11) is 0. The van der Waals surface area contributed by atoms with E-state index in [0.717, 1.165) is 17.0 Å². The molecule has 0 atom stereocenters. The van der Waals surface area contributed by atoms with Gasteiger partial charge in [0.05, 0.1) is 12.2 Å². The summed E-state index contributed by atoms with van der Waals surface area (Å²) in [5.41, 5.74) is 8.15. The van der Waals surface area contributed by atoms with Crippen LogP contribution in [0.3, 0.4) is 0 Å². The van der Waals surface area contributed by atoms with Crippen LogP contribution >= 0.6 is 0 Å². The Kier molecular flexibility index (Phi) is 4.15. The summed E-state index contributed by atoms with van der Waals surface area (Å²) in [4.78, 5) is 0. The Morgan fingerprint density at radius 1 is 1.42 bits per heavy atom. The number of aryl methyl sites for hydroxylation is 1. The van der Waals surface area contributed by atoms with Crippen molar-refractivity contribution in [2.45, 2.75) is 20.0 Å². The van der Waals surface area contributed by atoms with Crippen LogP contribution in [0.1, 0.15) is 22.6 Å². The molecule has 1 aromatic carbocycles. The van der Waals surface area contributed by atoms with Crippen LogP contribution in [0.25, 0.3) is 0 Å². The molecule has 0 saturated carbocycles. The van der Waals surface area contributed by atoms with Crippen molar-refractivity contribution in [3.8, 4) is 0 Å². The molecular weight excluding hydrogens is 244 g/mol. The second-order valence-electron chi connectivity index (χ2n) is 4.18. The molecular formula is C13H16N4O2. The number of rotatable bonds is 5. The number of nitrogens with one attached hydrogen (secondary N) is 1. The van der Waals surface area contributed by atoms with Crippen molar-refractivity contribution < 1.29 is 9.73 Å². The number of oxime groups is 1. The Morgan fingerprint density at radius 2 is 2.21 bits per heavy atom. The minimum absolute atomic E-state index is 0.105. The smallest absolute Gasteiger partial charge is 0.170 e. The molecule has 1 aromatic heterocycles. The molecule has 0 unspecified atom stereocenters. The highest BCUT2D eigenvalue weighted by Gasteiger charge is 2.06. The predicted octanol–water partition coefficient (Wildman–Crippen LogP) is 1.37. The Balaban J connectivity index is 2.00. The third-order valence-electron chi connectivity index (χ3n) is 2.69. The van der Waals surface area contributed by atoms with Crippen molar-refractivity contribution in [3.63, 3.8) is 0 Å². The summed E-state index contributed by atoms with van der Waals surface area (Å²) >= 11 is 0. The SMILES string of the molecule is Cc1cc(CNCc2ccccc2C(N)=NO)on1. The van der Waals surface area contributed by atoms with Gasteiger partial charge in [-0.1, -0.05) is 34.6 Å². The van der Waals surface area contributed by atoms with Gasteiger partial charge in [-0.3, -0.25) is 0 Å². The minimum Gasteiger partial charge on any atom is -0.409 e. The van der Waals surface area contributed by atoms with Crippen molar-refractivity contribution in [3.05, 3.63) is 52.9 Å². The summed E-state index contributed by atoms with van der Waals surface area (Å²) in [6.07, 6.45) is 0. The van der Waals surface area contributed by atoms with E-state index in [4.69, 9.17) is 15.5 Å². The van der Waals surface area contributed by atoms with Crippen LogP contribution in [0, 0.1) is 6.92 Å². The Bertz CT molecular complexity index is 578. The van der Waals surface area contributed by atoms with E-state index in [-0.39, 0.29) is 5.84 Å². The molecule has 2 aromatic rings. The molecule has 1 heterocycles. The number of benzene rings is 1. The average Bonchev–Trinajstić information content (AvgIpc) is 2.84.